The lowest BCUT2D eigenvalue weighted by molar-refractivity contribution is 0.163. The van der Waals surface area contributed by atoms with Crippen molar-refractivity contribution in [3.8, 4) is 5.88 Å². The van der Waals surface area contributed by atoms with Gasteiger partial charge in [-0.3, -0.25) is 0 Å². The third-order valence-electron chi connectivity index (χ3n) is 2.42. The van der Waals surface area contributed by atoms with Crippen LogP contribution >= 0.6 is 0 Å². The molecule has 1 atom stereocenters. The Morgan fingerprint density at radius 1 is 1.69 bits per heavy atom. The zero-order valence-electron chi connectivity index (χ0n) is 9.07. The van der Waals surface area contributed by atoms with Crippen molar-refractivity contribution in [1.29, 1.82) is 0 Å². The minimum atomic E-state index is -0.544. The van der Waals surface area contributed by atoms with Crippen molar-refractivity contribution in [1.82, 2.24) is 9.97 Å². The van der Waals surface area contributed by atoms with E-state index in [-0.39, 0.29) is 5.88 Å². The second kappa shape index (κ2) is 5.07. The van der Waals surface area contributed by atoms with Gasteiger partial charge in [-0.1, -0.05) is 0 Å². The fourth-order valence-electron chi connectivity index (χ4n) is 1.48. The van der Waals surface area contributed by atoms with Gasteiger partial charge in [0.1, 0.15) is 0 Å². The van der Waals surface area contributed by atoms with Crippen LogP contribution in [0, 0.1) is 11.7 Å². The van der Waals surface area contributed by atoms with Gasteiger partial charge in [-0.25, -0.2) is 4.98 Å². The largest absolute Gasteiger partial charge is 0.475 e. The number of hydrogen-bond acceptors (Lipinski definition) is 5. The van der Waals surface area contributed by atoms with Gasteiger partial charge < -0.3 is 14.8 Å². The van der Waals surface area contributed by atoms with E-state index in [1.54, 1.807) is 7.05 Å². The Balaban J connectivity index is 1.96. The Bertz CT molecular complexity index is 356. The average molecular weight is 227 g/mol. The molecule has 1 aliphatic rings. The van der Waals surface area contributed by atoms with Gasteiger partial charge in [0.15, 0.2) is 0 Å². The minimum Gasteiger partial charge on any atom is -0.475 e. The van der Waals surface area contributed by atoms with Crippen LogP contribution in [0.15, 0.2) is 6.20 Å². The van der Waals surface area contributed by atoms with Crippen molar-refractivity contribution in [3.05, 3.63) is 12.0 Å². The maximum absolute atomic E-state index is 13.3. The highest BCUT2D eigenvalue weighted by Crippen LogP contribution is 2.18. The van der Waals surface area contributed by atoms with E-state index in [1.165, 1.54) is 0 Å². The first kappa shape index (κ1) is 11.1. The zero-order chi connectivity index (χ0) is 11.4. The molecule has 1 saturated heterocycles. The van der Waals surface area contributed by atoms with Crippen molar-refractivity contribution in [2.24, 2.45) is 5.92 Å². The predicted octanol–water partition coefficient (Wildman–Crippen LogP) is 1.07. The van der Waals surface area contributed by atoms with Crippen molar-refractivity contribution < 1.29 is 13.9 Å². The highest BCUT2D eigenvalue weighted by Gasteiger charge is 2.17. The van der Waals surface area contributed by atoms with Crippen molar-refractivity contribution >= 4 is 5.95 Å². The predicted molar refractivity (Wildman–Crippen MR) is 56.0 cm³/mol. The van der Waals surface area contributed by atoms with Crippen LogP contribution in [-0.4, -0.2) is 36.8 Å². The van der Waals surface area contributed by atoms with E-state index in [0.717, 1.165) is 19.2 Å². The van der Waals surface area contributed by atoms with Crippen molar-refractivity contribution in [2.75, 3.05) is 32.2 Å². The summed E-state index contributed by atoms with van der Waals surface area (Å²) >= 11 is 0. The van der Waals surface area contributed by atoms with Crippen LogP contribution in [0.5, 0.6) is 5.88 Å². The summed E-state index contributed by atoms with van der Waals surface area (Å²) < 4.78 is 23.8. The first-order chi connectivity index (χ1) is 7.79. The topological polar surface area (TPSA) is 56.3 Å². The van der Waals surface area contributed by atoms with Gasteiger partial charge in [0.2, 0.25) is 11.8 Å². The van der Waals surface area contributed by atoms with E-state index in [2.05, 4.69) is 15.3 Å². The summed E-state index contributed by atoms with van der Waals surface area (Å²) in [6.45, 7) is 1.85. The fourth-order valence-corrected chi connectivity index (χ4v) is 1.48. The van der Waals surface area contributed by atoms with E-state index in [9.17, 15) is 4.39 Å². The molecule has 1 N–H and O–H groups in total. The lowest BCUT2D eigenvalue weighted by Gasteiger charge is -2.10. The number of rotatable bonds is 4. The molecule has 1 unspecified atom stereocenters. The molecule has 5 nitrogen and oxygen atoms in total. The lowest BCUT2D eigenvalue weighted by atomic mass is 10.1. The number of hydrogen-bond donors (Lipinski definition) is 1. The molecular weight excluding hydrogens is 213 g/mol. The second-order valence-electron chi connectivity index (χ2n) is 3.64. The summed E-state index contributed by atoms with van der Waals surface area (Å²) in [5, 5.41) is 2.73. The number of nitrogens with one attached hydrogen (secondary N) is 1. The number of anilines is 1. The molecule has 0 saturated carbocycles. The summed E-state index contributed by atoms with van der Waals surface area (Å²) in [5.74, 6) is 0.121. The highest BCUT2D eigenvalue weighted by molar-refractivity contribution is 5.27. The van der Waals surface area contributed by atoms with E-state index < -0.39 is 5.82 Å². The molecule has 0 aromatic carbocycles. The summed E-state index contributed by atoms with van der Waals surface area (Å²) in [5.41, 5.74) is 0. The maximum atomic E-state index is 13.3. The van der Waals surface area contributed by atoms with E-state index in [1.807, 2.05) is 0 Å². The Labute approximate surface area is 93.0 Å². The number of aromatic nitrogens is 2. The summed E-state index contributed by atoms with van der Waals surface area (Å²) in [7, 11) is 1.67. The number of nitrogens with zero attached hydrogens (tertiary/aromatic N) is 2. The smallest absolute Gasteiger partial charge is 0.255 e. The van der Waals surface area contributed by atoms with E-state index in [0.29, 0.717) is 25.1 Å². The van der Waals surface area contributed by atoms with Gasteiger partial charge in [-0.05, 0) is 6.42 Å². The van der Waals surface area contributed by atoms with Gasteiger partial charge >= 0.3 is 0 Å². The molecule has 0 bridgehead atoms. The molecule has 2 rings (SSSR count). The molecule has 88 valence electrons. The third-order valence-corrected chi connectivity index (χ3v) is 2.42. The Kier molecular flexibility index (Phi) is 3.51. The molecule has 0 aliphatic carbocycles. The normalized spacial score (nSPS) is 19.8. The maximum Gasteiger partial charge on any atom is 0.255 e. The van der Waals surface area contributed by atoms with Gasteiger partial charge in [0.25, 0.3) is 5.88 Å². The van der Waals surface area contributed by atoms with Crippen LogP contribution in [0.1, 0.15) is 6.42 Å². The zero-order valence-corrected chi connectivity index (χ0v) is 9.07. The average Bonchev–Trinajstić information content (AvgIpc) is 2.81. The van der Waals surface area contributed by atoms with Crippen molar-refractivity contribution in [2.45, 2.75) is 6.42 Å². The highest BCUT2D eigenvalue weighted by atomic mass is 19.1. The molecule has 1 aromatic heterocycles. The van der Waals surface area contributed by atoms with E-state index in [4.69, 9.17) is 9.47 Å². The quantitative estimate of drug-likeness (QED) is 0.833. The van der Waals surface area contributed by atoms with E-state index >= 15 is 0 Å². The standard InChI is InChI=1S/C10H14FN3O2/c1-12-10-13-4-8(11)9(14-10)16-6-7-2-3-15-5-7/h4,7H,2-3,5-6H2,1H3,(H,12,13,14). The molecule has 2 heterocycles. The van der Waals surface area contributed by atoms with Gasteiger partial charge in [0, 0.05) is 19.6 Å². The van der Waals surface area contributed by atoms with Gasteiger partial charge in [-0.15, -0.1) is 0 Å². The molecule has 1 fully saturated rings. The lowest BCUT2D eigenvalue weighted by Crippen LogP contribution is -2.13. The summed E-state index contributed by atoms with van der Waals surface area (Å²) in [6, 6.07) is 0. The van der Waals surface area contributed by atoms with Gasteiger partial charge in [0.05, 0.1) is 19.4 Å². The molecular formula is C10H14FN3O2. The number of ether oxygens (including phenoxy) is 2. The molecule has 6 heteroatoms. The Morgan fingerprint density at radius 3 is 3.25 bits per heavy atom. The summed E-state index contributed by atoms with van der Waals surface area (Å²) in [6.07, 6.45) is 2.05. The first-order valence-electron chi connectivity index (χ1n) is 5.20. The molecule has 1 aliphatic heterocycles. The van der Waals surface area contributed by atoms with Crippen LogP contribution in [-0.2, 0) is 4.74 Å². The van der Waals surface area contributed by atoms with Crippen molar-refractivity contribution in [3.63, 3.8) is 0 Å². The van der Waals surface area contributed by atoms with Crippen LogP contribution in [0.4, 0.5) is 10.3 Å². The summed E-state index contributed by atoms with van der Waals surface area (Å²) in [4.78, 5) is 7.63. The number of halogens is 1. The first-order valence-corrected chi connectivity index (χ1v) is 5.20. The van der Waals surface area contributed by atoms with Crippen LogP contribution < -0.4 is 10.1 Å². The van der Waals surface area contributed by atoms with Crippen LogP contribution in [0.25, 0.3) is 0 Å². The fraction of sp³-hybridized carbons (Fsp3) is 0.600. The van der Waals surface area contributed by atoms with Crippen LogP contribution in [0.3, 0.4) is 0 Å². The molecule has 1 aromatic rings. The molecule has 0 radical (unpaired) electrons. The monoisotopic (exact) mass is 227 g/mol. The van der Waals surface area contributed by atoms with Crippen LogP contribution in [0.2, 0.25) is 0 Å². The third kappa shape index (κ3) is 2.57. The molecule has 0 amide bonds. The molecule has 16 heavy (non-hydrogen) atoms. The molecule has 0 spiro atoms. The SMILES string of the molecule is CNc1ncc(F)c(OCC2CCOC2)n1. The second-order valence-corrected chi connectivity index (χ2v) is 3.64. The Hall–Kier alpha value is -1.43. The minimum absolute atomic E-state index is 0.00810. The Morgan fingerprint density at radius 2 is 2.56 bits per heavy atom. The van der Waals surface area contributed by atoms with Gasteiger partial charge in [-0.2, -0.15) is 9.37 Å².